The van der Waals surface area contributed by atoms with Crippen LogP contribution in [0, 0.1) is 5.92 Å². The van der Waals surface area contributed by atoms with Crippen LogP contribution >= 0.6 is 15.9 Å². The average molecular weight is 298 g/mol. The maximum atomic E-state index is 11.6. The van der Waals surface area contributed by atoms with Gasteiger partial charge in [0, 0.05) is 6.04 Å². The quantitative estimate of drug-likeness (QED) is 0.907. The molecule has 92 valence electrons. The molecule has 0 heterocycles. The van der Waals surface area contributed by atoms with Gasteiger partial charge in [0.05, 0.1) is 4.47 Å². The first-order chi connectivity index (χ1) is 8.16. The van der Waals surface area contributed by atoms with Crippen molar-refractivity contribution in [3.63, 3.8) is 0 Å². The van der Waals surface area contributed by atoms with Crippen molar-refractivity contribution in [2.45, 2.75) is 25.8 Å². The van der Waals surface area contributed by atoms with E-state index in [-0.39, 0.29) is 18.6 Å². The van der Waals surface area contributed by atoms with E-state index in [0.29, 0.717) is 11.7 Å². The van der Waals surface area contributed by atoms with Crippen molar-refractivity contribution >= 4 is 21.8 Å². The van der Waals surface area contributed by atoms with Crippen LogP contribution in [0.4, 0.5) is 0 Å². The van der Waals surface area contributed by atoms with Crippen LogP contribution in [-0.4, -0.2) is 18.6 Å². The summed E-state index contributed by atoms with van der Waals surface area (Å²) in [5.41, 5.74) is 0. The highest BCUT2D eigenvalue weighted by Gasteiger charge is 2.28. The van der Waals surface area contributed by atoms with Crippen LogP contribution in [-0.2, 0) is 4.79 Å². The fourth-order valence-electron chi connectivity index (χ4n) is 1.71. The topological polar surface area (TPSA) is 38.3 Å². The number of rotatable bonds is 5. The Morgan fingerprint density at radius 3 is 2.88 bits per heavy atom. The van der Waals surface area contributed by atoms with Crippen LogP contribution in [0.25, 0.3) is 0 Å². The zero-order chi connectivity index (χ0) is 12.3. The number of nitrogens with one attached hydrogen (secondary N) is 1. The largest absolute Gasteiger partial charge is 0.483 e. The number of carbonyl (C=O) groups is 1. The molecule has 0 aromatic heterocycles. The molecule has 17 heavy (non-hydrogen) atoms. The summed E-state index contributed by atoms with van der Waals surface area (Å²) in [6.45, 7) is 2.12. The summed E-state index contributed by atoms with van der Waals surface area (Å²) in [5.74, 6) is 1.31. The van der Waals surface area contributed by atoms with Gasteiger partial charge in [-0.15, -0.1) is 0 Å². The Morgan fingerprint density at radius 1 is 1.53 bits per heavy atom. The van der Waals surface area contributed by atoms with Gasteiger partial charge in [0.15, 0.2) is 6.61 Å². The van der Waals surface area contributed by atoms with E-state index in [4.69, 9.17) is 4.74 Å². The highest BCUT2D eigenvalue weighted by molar-refractivity contribution is 9.10. The summed E-state index contributed by atoms with van der Waals surface area (Å²) >= 11 is 3.37. The Kier molecular flexibility index (Phi) is 4.05. The smallest absolute Gasteiger partial charge is 0.258 e. The molecule has 1 aromatic rings. The fraction of sp³-hybridized carbons (Fsp3) is 0.462. The van der Waals surface area contributed by atoms with Crippen molar-refractivity contribution in [2.24, 2.45) is 5.92 Å². The third-order valence-electron chi connectivity index (χ3n) is 2.91. The minimum atomic E-state index is -0.0554. The first-order valence-corrected chi connectivity index (χ1v) is 6.63. The van der Waals surface area contributed by atoms with Crippen LogP contribution < -0.4 is 10.1 Å². The molecule has 1 atom stereocenters. The summed E-state index contributed by atoms with van der Waals surface area (Å²) in [4.78, 5) is 11.6. The van der Waals surface area contributed by atoms with Crippen molar-refractivity contribution in [3.05, 3.63) is 28.7 Å². The number of carbonyl (C=O) groups excluding carboxylic acids is 1. The molecule has 0 unspecified atom stereocenters. The highest BCUT2D eigenvalue weighted by atomic mass is 79.9. The first kappa shape index (κ1) is 12.4. The van der Waals surface area contributed by atoms with Gasteiger partial charge in [-0.25, -0.2) is 0 Å². The van der Waals surface area contributed by atoms with Crippen LogP contribution in [0.3, 0.4) is 0 Å². The third kappa shape index (κ3) is 3.73. The molecule has 2 rings (SSSR count). The molecule has 3 nitrogen and oxygen atoms in total. The summed E-state index contributed by atoms with van der Waals surface area (Å²) in [7, 11) is 0. The number of para-hydroxylation sites is 1. The van der Waals surface area contributed by atoms with Gasteiger partial charge in [0.25, 0.3) is 5.91 Å². The molecule has 1 N–H and O–H groups in total. The zero-order valence-corrected chi connectivity index (χ0v) is 11.4. The molecule has 1 fully saturated rings. The Hall–Kier alpha value is -1.03. The third-order valence-corrected chi connectivity index (χ3v) is 3.57. The SMILES string of the molecule is C[C@@H](NC(=O)COc1ccccc1Br)C1CC1. The number of hydrogen-bond acceptors (Lipinski definition) is 2. The lowest BCUT2D eigenvalue weighted by Crippen LogP contribution is -2.37. The number of halogens is 1. The van der Waals surface area contributed by atoms with Gasteiger partial charge in [-0.05, 0) is 53.7 Å². The monoisotopic (exact) mass is 297 g/mol. The molecule has 4 heteroatoms. The predicted molar refractivity (Wildman–Crippen MR) is 70.0 cm³/mol. The molecule has 0 saturated heterocycles. The highest BCUT2D eigenvalue weighted by Crippen LogP contribution is 2.32. The zero-order valence-electron chi connectivity index (χ0n) is 9.78. The van der Waals surface area contributed by atoms with Crippen LogP contribution in [0.15, 0.2) is 28.7 Å². The van der Waals surface area contributed by atoms with E-state index < -0.39 is 0 Å². The van der Waals surface area contributed by atoms with Gasteiger partial charge < -0.3 is 10.1 Å². The van der Waals surface area contributed by atoms with E-state index in [9.17, 15) is 4.79 Å². The summed E-state index contributed by atoms with van der Waals surface area (Å²) < 4.78 is 6.30. The molecule has 1 aromatic carbocycles. The van der Waals surface area contributed by atoms with Crippen LogP contribution in [0.1, 0.15) is 19.8 Å². The van der Waals surface area contributed by atoms with E-state index >= 15 is 0 Å². The maximum Gasteiger partial charge on any atom is 0.258 e. The summed E-state index contributed by atoms with van der Waals surface area (Å²) in [5, 5.41) is 2.95. The van der Waals surface area contributed by atoms with Crippen molar-refractivity contribution in [2.75, 3.05) is 6.61 Å². The molecule has 0 radical (unpaired) electrons. The normalized spacial score (nSPS) is 16.4. The predicted octanol–water partition coefficient (Wildman–Crippen LogP) is 2.74. The van der Waals surface area contributed by atoms with Crippen molar-refractivity contribution in [1.29, 1.82) is 0 Å². The van der Waals surface area contributed by atoms with Gasteiger partial charge in [0.1, 0.15) is 5.75 Å². The lowest BCUT2D eigenvalue weighted by atomic mass is 10.2. The minimum absolute atomic E-state index is 0.0554. The molecule has 0 spiro atoms. The molecule has 0 bridgehead atoms. The molecule has 1 aliphatic rings. The second-order valence-electron chi connectivity index (χ2n) is 4.41. The minimum Gasteiger partial charge on any atom is -0.483 e. The summed E-state index contributed by atoms with van der Waals surface area (Å²) in [6, 6.07) is 7.78. The van der Waals surface area contributed by atoms with Crippen LogP contribution in [0.5, 0.6) is 5.75 Å². The second-order valence-corrected chi connectivity index (χ2v) is 5.27. The van der Waals surface area contributed by atoms with Crippen molar-refractivity contribution < 1.29 is 9.53 Å². The number of benzene rings is 1. The standard InChI is InChI=1S/C13H16BrNO2/c1-9(10-6-7-10)15-13(16)8-17-12-5-3-2-4-11(12)14/h2-5,9-10H,6-8H2,1H3,(H,15,16)/t9-/m1/s1. The van der Waals surface area contributed by atoms with E-state index in [1.165, 1.54) is 12.8 Å². The second kappa shape index (κ2) is 5.54. The fourth-order valence-corrected chi connectivity index (χ4v) is 2.11. The van der Waals surface area contributed by atoms with Crippen molar-refractivity contribution in [3.8, 4) is 5.75 Å². The first-order valence-electron chi connectivity index (χ1n) is 5.83. The number of hydrogen-bond donors (Lipinski definition) is 1. The Balaban J connectivity index is 1.77. The Bertz CT molecular complexity index is 404. The summed E-state index contributed by atoms with van der Waals surface area (Å²) in [6.07, 6.45) is 2.46. The van der Waals surface area contributed by atoms with Gasteiger partial charge in [-0.1, -0.05) is 12.1 Å². The molecular weight excluding hydrogens is 282 g/mol. The van der Waals surface area contributed by atoms with Gasteiger partial charge in [0.2, 0.25) is 0 Å². The molecule has 0 aliphatic heterocycles. The Morgan fingerprint density at radius 2 is 2.24 bits per heavy atom. The van der Waals surface area contributed by atoms with E-state index in [2.05, 4.69) is 21.2 Å². The molecule has 1 aliphatic carbocycles. The van der Waals surface area contributed by atoms with E-state index in [1.54, 1.807) is 0 Å². The number of ether oxygens (including phenoxy) is 1. The Labute approximate surface area is 110 Å². The lowest BCUT2D eigenvalue weighted by molar-refractivity contribution is -0.123. The van der Waals surface area contributed by atoms with E-state index in [1.807, 2.05) is 31.2 Å². The maximum absolute atomic E-state index is 11.6. The van der Waals surface area contributed by atoms with Crippen molar-refractivity contribution in [1.82, 2.24) is 5.32 Å². The van der Waals surface area contributed by atoms with Crippen LogP contribution in [0.2, 0.25) is 0 Å². The van der Waals surface area contributed by atoms with E-state index in [0.717, 1.165) is 4.47 Å². The molecular formula is C13H16BrNO2. The lowest BCUT2D eigenvalue weighted by Gasteiger charge is -2.13. The van der Waals surface area contributed by atoms with Gasteiger partial charge in [-0.2, -0.15) is 0 Å². The average Bonchev–Trinajstić information content (AvgIpc) is 3.11. The van der Waals surface area contributed by atoms with Gasteiger partial charge >= 0.3 is 0 Å². The number of amides is 1. The molecule has 1 saturated carbocycles. The molecule has 1 amide bonds. The van der Waals surface area contributed by atoms with Gasteiger partial charge in [-0.3, -0.25) is 4.79 Å².